The fraction of sp³-hybridized carbons (Fsp3) is 0.267. The van der Waals surface area contributed by atoms with Crippen molar-refractivity contribution in [2.45, 2.75) is 22.0 Å². The van der Waals surface area contributed by atoms with Crippen LogP contribution in [0.5, 0.6) is 5.75 Å². The van der Waals surface area contributed by atoms with Crippen molar-refractivity contribution in [2.75, 3.05) is 19.5 Å². The second kappa shape index (κ2) is 9.00. The van der Waals surface area contributed by atoms with Gasteiger partial charge in [-0.2, -0.15) is 0 Å². The molecule has 2 aromatic rings. The molecule has 0 saturated carbocycles. The Hall–Kier alpha value is -1.44. The number of methoxy groups -OCH3 is 1. The van der Waals surface area contributed by atoms with Gasteiger partial charge < -0.3 is 9.47 Å². The molecule has 1 aromatic heterocycles. The molecular weight excluding hydrogens is 356 g/mol. The topological polar surface area (TPSA) is 61.3 Å². The summed E-state index contributed by atoms with van der Waals surface area (Å²) < 4.78 is 10.2. The van der Waals surface area contributed by atoms with Gasteiger partial charge in [-0.05, 0) is 19.1 Å². The van der Waals surface area contributed by atoms with Crippen LogP contribution in [-0.4, -0.2) is 35.4 Å². The molecule has 0 aliphatic carbocycles. The van der Waals surface area contributed by atoms with Crippen molar-refractivity contribution >= 4 is 41.1 Å². The highest BCUT2D eigenvalue weighted by molar-refractivity contribution is 8.00. The summed E-state index contributed by atoms with van der Waals surface area (Å²) in [6.45, 7) is 2.13. The van der Waals surface area contributed by atoms with Crippen LogP contribution in [0.1, 0.15) is 6.92 Å². The number of ether oxygens (including phenoxy) is 2. The Bertz CT molecular complexity index is 686. The summed E-state index contributed by atoms with van der Waals surface area (Å²) in [6.07, 6.45) is 1.58. The summed E-state index contributed by atoms with van der Waals surface area (Å²) in [4.78, 5) is 20.9. The highest BCUT2D eigenvalue weighted by Gasteiger charge is 2.13. The fourth-order valence-electron chi connectivity index (χ4n) is 1.58. The first-order valence-corrected chi connectivity index (χ1v) is 8.94. The molecule has 0 aliphatic rings. The van der Waals surface area contributed by atoms with E-state index in [-0.39, 0.29) is 11.7 Å². The standard InChI is InChI=1S/C15H15ClN2O3S2/c1-3-21-13(19)9-22-15-17-8-11(20-2)14(18-15)23-12-7-5-4-6-10(12)16/h4-8H,3,9H2,1-2H3. The second-order valence-corrected chi connectivity index (χ2v) is 6.53. The maximum Gasteiger partial charge on any atom is 0.316 e. The van der Waals surface area contributed by atoms with E-state index in [0.29, 0.717) is 27.6 Å². The summed E-state index contributed by atoms with van der Waals surface area (Å²) in [5.41, 5.74) is 0. The molecule has 0 atom stereocenters. The summed E-state index contributed by atoms with van der Waals surface area (Å²) in [5.74, 6) is 0.420. The number of hydrogen-bond acceptors (Lipinski definition) is 7. The van der Waals surface area contributed by atoms with E-state index in [1.165, 1.54) is 23.5 Å². The van der Waals surface area contributed by atoms with Crippen LogP contribution in [0.4, 0.5) is 0 Å². The number of esters is 1. The first-order chi connectivity index (χ1) is 11.1. The molecule has 2 rings (SSSR count). The minimum Gasteiger partial charge on any atom is -0.492 e. The predicted octanol–water partition coefficient (Wildman–Crippen LogP) is 3.95. The largest absolute Gasteiger partial charge is 0.492 e. The molecule has 1 heterocycles. The number of rotatable bonds is 7. The minimum atomic E-state index is -0.294. The fourth-order valence-corrected chi connectivity index (χ4v) is 3.39. The zero-order chi connectivity index (χ0) is 16.7. The van der Waals surface area contributed by atoms with Crippen LogP contribution in [0.15, 0.2) is 45.5 Å². The number of halogens is 1. The van der Waals surface area contributed by atoms with E-state index in [1.54, 1.807) is 20.2 Å². The first-order valence-electron chi connectivity index (χ1n) is 6.76. The monoisotopic (exact) mass is 370 g/mol. The number of benzene rings is 1. The lowest BCUT2D eigenvalue weighted by Crippen LogP contribution is -2.07. The summed E-state index contributed by atoms with van der Waals surface area (Å²) in [7, 11) is 1.56. The van der Waals surface area contributed by atoms with Gasteiger partial charge in [0.15, 0.2) is 10.9 Å². The van der Waals surface area contributed by atoms with Gasteiger partial charge in [0.2, 0.25) is 0 Å². The van der Waals surface area contributed by atoms with Gasteiger partial charge in [-0.1, -0.05) is 47.3 Å². The molecular formula is C15H15ClN2O3S2. The molecule has 0 spiro atoms. The molecule has 0 bridgehead atoms. The van der Waals surface area contributed by atoms with Crippen LogP contribution < -0.4 is 4.74 Å². The molecule has 0 radical (unpaired) electrons. The number of aromatic nitrogens is 2. The molecule has 122 valence electrons. The van der Waals surface area contributed by atoms with Crippen molar-refractivity contribution in [2.24, 2.45) is 0 Å². The van der Waals surface area contributed by atoms with Gasteiger partial charge in [0, 0.05) is 4.90 Å². The van der Waals surface area contributed by atoms with Gasteiger partial charge in [0.1, 0.15) is 5.03 Å². The Kier molecular flexibility index (Phi) is 7.01. The Morgan fingerprint density at radius 2 is 2.13 bits per heavy atom. The van der Waals surface area contributed by atoms with Crippen LogP contribution in [0, 0.1) is 0 Å². The van der Waals surface area contributed by atoms with E-state index >= 15 is 0 Å². The number of nitrogens with zero attached hydrogens (tertiary/aromatic N) is 2. The SMILES string of the molecule is CCOC(=O)CSc1ncc(OC)c(Sc2ccccc2Cl)n1. The van der Waals surface area contributed by atoms with Crippen molar-refractivity contribution in [1.29, 1.82) is 0 Å². The summed E-state index contributed by atoms with van der Waals surface area (Å²) in [6, 6.07) is 7.48. The molecule has 0 aliphatic heterocycles. The van der Waals surface area contributed by atoms with Crippen molar-refractivity contribution in [3.63, 3.8) is 0 Å². The first kappa shape index (κ1) is 17.9. The van der Waals surface area contributed by atoms with E-state index in [0.717, 1.165) is 4.90 Å². The lowest BCUT2D eigenvalue weighted by Gasteiger charge is -2.09. The van der Waals surface area contributed by atoms with Crippen LogP contribution in [-0.2, 0) is 9.53 Å². The quantitative estimate of drug-likeness (QED) is 0.316. The molecule has 0 saturated heterocycles. The number of hydrogen-bond donors (Lipinski definition) is 0. The molecule has 5 nitrogen and oxygen atoms in total. The highest BCUT2D eigenvalue weighted by Crippen LogP contribution is 2.37. The lowest BCUT2D eigenvalue weighted by molar-refractivity contribution is -0.139. The van der Waals surface area contributed by atoms with Gasteiger partial charge in [0.05, 0.1) is 30.7 Å². The molecule has 0 amide bonds. The van der Waals surface area contributed by atoms with E-state index in [2.05, 4.69) is 9.97 Å². The van der Waals surface area contributed by atoms with Gasteiger partial charge in [-0.3, -0.25) is 4.79 Å². The van der Waals surface area contributed by atoms with Crippen LogP contribution in [0.2, 0.25) is 5.02 Å². The number of carbonyl (C=O) groups excluding carboxylic acids is 1. The second-order valence-electron chi connectivity index (χ2n) is 4.15. The van der Waals surface area contributed by atoms with Crippen LogP contribution in [0.3, 0.4) is 0 Å². The number of thioether (sulfide) groups is 1. The molecule has 8 heteroatoms. The van der Waals surface area contributed by atoms with Crippen molar-refractivity contribution in [3.8, 4) is 5.75 Å². The molecule has 0 fully saturated rings. The van der Waals surface area contributed by atoms with Crippen molar-refractivity contribution in [3.05, 3.63) is 35.5 Å². The predicted molar refractivity (Wildman–Crippen MR) is 91.5 cm³/mol. The number of carbonyl (C=O) groups is 1. The van der Waals surface area contributed by atoms with E-state index in [9.17, 15) is 4.79 Å². The van der Waals surface area contributed by atoms with Crippen molar-refractivity contribution in [1.82, 2.24) is 9.97 Å². The molecule has 23 heavy (non-hydrogen) atoms. The summed E-state index contributed by atoms with van der Waals surface area (Å²) in [5, 5.41) is 1.76. The average Bonchev–Trinajstić information content (AvgIpc) is 2.55. The average molecular weight is 371 g/mol. The Morgan fingerprint density at radius 1 is 1.35 bits per heavy atom. The Labute approximate surface area is 148 Å². The zero-order valence-electron chi connectivity index (χ0n) is 12.6. The zero-order valence-corrected chi connectivity index (χ0v) is 15.0. The van der Waals surface area contributed by atoms with Crippen LogP contribution >= 0.6 is 35.1 Å². The third kappa shape index (κ3) is 5.30. The molecule has 0 unspecified atom stereocenters. The normalized spacial score (nSPS) is 10.4. The Morgan fingerprint density at radius 3 is 2.83 bits per heavy atom. The lowest BCUT2D eigenvalue weighted by atomic mass is 10.4. The van der Waals surface area contributed by atoms with Crippen LogP contribution in [0.25, 0.3) is 0 Å². The third-order valence-electron chi connectivity index (χ3n) is 2.59. The smallest absolute Gasteiger partial charge is 0.316 e. The third-order valence-corrected chi connectivity index (χ3v) is 4.93. The van der Waals surface area contributed by atoms with Gasteiger partial charge >= 0.3 is 5.97 Å². The van der Waals surface area contributed by atoms with Gasteiger partial charge in [-0.15, -0.1) is 0 Å². The van der Waals surface area contributed by atoms with Crippen molar-refractivity contribution < 1.29 is 14.3 Å². The van der Waals surface area contributed by atoms with E-state index in [1.807, 2.05) is 24.3 Å². The molecule has 1 aromatic carbocycles. The van der Waals surface area contributed by atoms with Gasteiger partial charge in [-0.25, -0.2) is 9.97 Å². The Balaban J connectivity index is 2.15. The maximum absolute atomic E-state index is 11.4. The summed E-state index contributed by atoms with van der Waals surface area (Å²) >= 11 is 8.78. The highest BCUT2D eigenvalue weighted by atomic mass is 35.5. The maximum atomic E-state index is 11.4. The molecule has 0 N–H and O–H groups in total. The van der Waals surface area contributed by atoms with Gasteiger partial charge in [0.25, 0.3) is 0 Å². The minimum absolute atomic E-state index is 0.163. The van der Waals surface area contributed by atoms with E-state index in [4.69, 9.17) is 21.1 Å². The van der Waals surface area contributed by atoms with E-state index < -0.39 is 0 Å².